The van der Waals surface area contributed by atoms with Crippen LogP contribution in [0.2, 0.25) is 5.02 Å². The third kappa shape index (κ3) is 9.15. The molecule has 1 aliphatic rings. The molecule has 3 aromatic rings. The summed E-state index contributed by atoms with van der Waals surface area (Å²) in [6.45, 7) is 16.8. The van der Waals surface area contributed by atoms with E-state index in [1.165, 1.54) is 23.9 Å². The molecule has 0 aliphatic carbocycles. The molecule has 2 atom stereocenters. The summed E-state index contributed by atoms with van der Waals surface area (Å²) < 4.78 is 56.7. The fraction of sp³-hybridized carbons (Fsp3) is 0.278. The van der Waals surface area contributed by atoms with Crippen molar-refractivity contribution in [2.24, 2.45) is 0 Å². The quantitative estimate of drug-likeness (QED) is 0.0486. The van der Waals surface area contributed by atoms with Crippen molar-refractivity contribution in [1.82, 2.24) is 24.7 Å². The van der Waals surface area contributed by atoms with Crippen LogP contribution in [0.25, 0.3) is 5.70 Å². The van der Waals surface area contributed by atoms with E-state index in [9.17, 15) is 17.0 Å². The van der Waals surface area contributed by atoms with Gasteiger partial charge >= 0.3 is 0 Å². The normalized spacial score (nSPS) is 15.7. The van der Waals surface area contributed by atoms with E-state index in [-0.39, 0.29) is 4.90 Å². The maximum atomic E-state index is 14.0. The van der Waals surface area contributed by atoms with Crippen molar-refractivity contribution in [3.63, 3.8) is 0 Å². The Bertz CT molecular complexity index is 2110. The van der Waals surface area contributed by atoms with E-state index in [1.54, 1.807) is 48.7 Å². The van der Waals surface area contributed by atoms with Gasteiger partial charge < -0.3 is 0 Å². The summed E-state index contributed by atoms with van der Waals surface area (Å²) >= 11 is 8.12. The Labute approximate surface area is 298 Å². The monoisotopic (exact) mass is 739 g/mol. The van der Waals surface area contributed by atoms with Gasteiger partial charge in [0, 0.05) is 41.2 Å². The van der Waals surface area contributed by atoms with Gasteiger partial charge in [-0.3, -0.25) is 4.57 Å². The van der Waals surface area contributed by atoms with Crippen molar-refractivity contribution in [2.45, 2.75) is 59.0 Å². The first-order valence-corrected chi connectivity index (χ1v) is 20.0. The highest BCUT2D eigenvalue weighted by atomic mass is 35.5. The zero-order valence-corrected chi connectivity index (χ0v) is 30.8. The number of hydrogen-bond donors (Lipinski definition) is 2. The predicted octanol–water partition coefficient (Wildman–Crippen LogP) is 6.52. The second-order valence-corrected chi connectivity index (χ2v) is 17.3. The minimum atomic E-state index is -3.37. The molecular formula is C36H39ClFN5O3S3. The summed E-state index contributed by atoms with van der Waals surface area (Å²) in [7, 11) is -6.46. The van der Waals surface area contributed by atoms with Crippen molar-refractivity contribution in [1.29, 1.82) is 0 Å². The number of thioether (sulfide) groups is 1. The van der Waals surface area contributed by atoms with Crippen LogP contribution < -0.4 is 10.1 Å². The molecule has 13 heteroatoms. The number of rotatable bonds is 14. The molecule has 1 saturated heterocycles. The first kappa shape index (κ1) is 38.2. The maximum Gasteiger partial charge on any atom is 0.175 e. The Morgan fingerprint density at radius 3 is 2.37 bits per heavy atom. The molecule has 0 spiro atoms. The van der Waals surface area contributed by atoms with Crippen LogP contribution in [0.15, 0.2) is 107 Å². The second kappa shape index (κ2) is 16.0. The van der Waals surface area contributed by atoms with Crippen LogP contribution in [0.5, 0.6) is 0 Å². The Balaban J connectivity index is 1.63. The first-order valence-electron chi connectivity index (χ1n) is 15.2. The molecule has 1 aliphatic heterocycles. The molecule has 0 saturated carbocycles. The molecule has 49 heavy (non-hydrogen) atoms. The van der Waals surface area contributed by atoms with Crippen molar-refractivity contribution < 1.29 is 17.0 Å². The lowest BCUT2D eigenvalue weighted by molar-refractivity contribution is 0.213. The molecule has 1 fully saturated rings. The molecule has 0 bridgehead atoms. The minimum Gasteiger partial charge on any atom is -0.292 e. The van der Waals surface area contributed by atoms with Gasteiger partial charge in [0.1, 0.15) is 15.9 Å². The summed E-state index contributed by atoms with van der Waals surface area (Å²) in [5, 5.41) is 5.56. The van der Waals surface area contributed by atoms with Gasteiger partial charge in [0.15, 0.2) is 20.8 Å². The van der Waals surface area contributed by atoms with Gasteiger partial charge in [-0.25, -0.2) is 32.8 Å². The van der Waals surface area contributed by atoms with Gasteiger partial charge in [-0.15, -0.1) is 6.42 Å². The number of hydrogen-bond acceptors (Lipinski definition) is 7. The first-order chi connectivity index (χ1) is 23.1. The van der Waals surface area contributed by atoms with Gasteiger partial charge in [0.05, 0.1) is 21.7 Å². The van der Waals surface area contributed by atoms with Crippen LogP contribution in [0.1, 0.15) is 43.5 Å². The highest BCUT2D eigenvalue weighted by molar-refractivity contribution is 7.99. The number of hydrazine groups is 1. The number of allylic oxidation sites excluding steroid dienone is 4. The molecule has 0 amide bonds. The van der Waals surface area contributed by atoms with Gasteiger partial charge in [-0.2, -0.15) is 4.39 Å². The smallest absolute Gasteiger partial charge is 0.175 e. The van der Waals surface area contributed by atoms with Gasteiger partial charge in [0.25, 0.3) is 0 Å². The molecular weight excluding hydrogens is 701 g/mol. The number of sulfone groups is 1. The highest BCUT2D eigenvalue weighted by Crippen LogP contribution is 2.37. The third-order valence-electron chi connectivity index (χ3n) is 8.04. The number of benzene rings is 2. The van der Waals surface area contributed by atoms with Crippen LogP contribution in [-0.2, 0) is 30.7 Å². The molecule has 2 unspecified atom stereocenters. The maximum absolute atomic E-state index is 14.0. The molecule has 8 nitrogen and oxygen atoms in total. The Kier molecular flexibility index (Phi) is 12.4. The molecule has 2 N–H and O–H groups in total. The van der Waals surface area contributed by atoms with Gasteiger partial charge in [0.2, 0.25) is 0 Å². The number of aromatic nitrogens is 2. The van der Waals surface area contributed by atoms with E-state index in [4.69, 9.17) is 23.0 Å². The highest BCUT2D eigenvalue weighted by Gasteiger charge is 2.30. The lowest BCUT2D eigenvalue weighted by Gasteiger charge is -2.27. The lowest BCUT2D eigenvalue weighted by atomic mass is 9.81. The van der Waals surface area contributed by atoms with Crippen LogP contribution in [0.4, 0.5) is 4.39 Å². The van der Waals surface area contributed by atoms with Crippen LogP contribution in [0.3, 0.4) is 0 Å². The van der Waals surface area contributed by atoms with Crippen LogP contribution in [0, 0.1) is 12.3 Å². The van der Waals surface area contributed by atoms with E-state index in [0.717, 1.165) is 49.0 Å². The molecule has 0 radical (unpaired) electrons. The zero-order valence-electron chi connectivity index (χ0n) is 27.6. The molecule has 2 aromatic carbocycles. The summed E-state index contributed by atoms with van der Waals surface area (Å²) in [4.78, 5) is 5.29. The zero-order chi connectivity index (χ0) is 36.0. The summed E-state index contributed by atoms with van der Waals surface area (Å²) in [5.41, 5.74) is 7.47. The molecule has 258 valence electrons. The van der Waals surface area contributed by atoms with Crippen LogP contribution in [-0.4, -0.2) is 57.7 Å². The summed E-state index contributed by atoms with van der Waals surface area (Å²) in [5.74, 6) is 2.33. The molecule has 2 heterocycles. The summed E-state index contributed by atoms with van der Waals surface area (Å²) in [6, 6.07) is 11.8. The Morgan fingerprint density at radius 2 is 1.80 bits per heavy atom. The van der Waals surface area contributed by atoms with Crippen molar-refractivity contribution in [2.75, 3.05) is 19.3 Å². The average molecular weight is 740 g/mol. The third-order valence-corrected chi connectivity index (χ3v) is 12.4. The van der Waals surface area contributed by atoms with E-state index < -0.39 is 37.0 Å². The number of nitrogens with zero attached hydrogens (tertiary/aromatic N) is 3. The fourth-order valence-corrected chi connectivity index (χ4v) is 8.59. The van der Waals surface area contributed by atoms with Crippen molar-refractivity contribution in [3.8, 4) is 12.3 Å². The van der Waals surface area contributed by atoms with Crippen molar-refractivity contribution >= 4 is 53.6 Å². The number of imidazole rings is 1. The molecule has 4 rings (SSSR count). The lowest BCUT2D eigenvalue weighted by Crippen LogP contribution is -2.51. The summed E-state index contributed by atoms with van der Waals surface area (Å²) in [6.07, 6.45) is 12.7. The van der Waals surface area contributed by atoms with E-state index in [2.05, 4.69) is 46.6 Å². The average Bonchev–Trinajstić information content (AvgIpc) is 3.76. The largest absolute Gasteiger partial charge is 0.292 e. The number of terminal acetylenes is 1. The number of halogens is 2. The van der Waals surface area contributed by atoms with E-state index in [0.29, 0.717) is 26.5 Å². The predicted molar refractivity (Wildman–Crippen MR) is 200 cm³/mol. The van der Waals surface area contributed by atoms with Gasteiger partial charge in [-0.1, -0.05) is 80.2 Å². The Hall–Kier alpha value is -3.59. The standard InChI is InChI=1S/C36H39ClFN5O3S3/c1-8-29(38)17-13-26(4)43-33(36(5,6)28-15-19-30(20-16-28)48(7,44)45)24-39-35(43)47-25-27-14-18-31(23-32(27)37)49(46,10-3)41-34(9-2)40-42-21-11-12-22-42/h2,13-20,23-24,34,40H,1,3-4,11-12,21-22,25H2,5-7H3,(H,41,46)/b17-13-. The van der Waals surface area contributed by atoms with Crippen LogP contribution >= 0.6 is 23.4 Å². The van der Waals surface area contributed by atoms with Crippen molar-refractivity contribution in [3.05, 3.63) is 114 Å². The van der Waals surface area contributed by atoms with E-state index in [1.807, 2.05) is 23.4 Å². The topological polar surface area (TPSA) is 96.3 Å². The molecule has 1 aromatic heterocycles. The van der Waals surface area contributed by atoms with Gasteiger partial charge in [-0.05, 0) is 72.0 Å². The SMILES string of the molecule is C#CC(NN1CCCC1)NS(=O)(=C=C)c1ccc(CSc2ncc(C(C)(C)c3ccc(S(C)(=O)=O)cc3)n2C(=C)/C=C\C(F)=C=C)c(Cl)c1. The second-order valence-electron chi connectivity index (χ2n) is 11.8. The fourth-order valence-electron chi connectivity index (χ4n) is 5.18. The Morgan fingerprint density at radius 1 is 1.14 bits per heavy atom. The minimum absolute atomic E-state index is 0.214. The van der Waals surface area contributed by atoms with E-state index >= 15 is 0 Å². The number of nitrogens with one attached hydrogen (secondary N) is 2.